The fourth-order valence-electron chi connectivity index (χ4n) is 7.73. The molecule has 240 valence electrons. The highest BCUT2D eigenvalue weighted by Crippen LogP contribution is 2.39. The standard InChI is InChI=1S/C49H33NO/c1-32-10-7-13-34(26-32)39-20-23-47-43(29-39)42-18-5-6-19-46(42)50(47)41-22-25-49-45(31-41)44-30-40(21-24-48(44)51-49)38-17-9-16-37(28-38)36-15-8-14-35(27-36)33-11-3-2-4-12-33/h2-31H,1H3. The minimum Gasteiger partial charge on any atom is -0.456 e. The van der Waals surface area contributed by atoms with Crippen LogP contribution in [0.4, 0.5) is 0 Å². The summed E-state index contributed by atoms with van der Waals surface area (Å²) in [5, 5.41) is 4.72. The fourth-order valence-corrected chi connectivity index (χ4v) is 7.73. The Hall–Kier alpha value is -6.64. The number of furan rings is 1. The van der Waals surface area contributed by atoms with Crippen molar-refractivity contribution in [1.29, 1.82) is 0 Å². The second-order valence-electron chi connectivity index (χ2n) is 13.5. The average Bonchev–Trinajstić information content (AvgIpc) is 3.73. The summed E-state index contributed by atoms with van der Waals surface area (Å²) in [6, 6.07) is 65.7. The highest BCUT2D eigenvalue weighted by molar-refractivity contribution is 6.12. The largest absolute Gasteiger partial charge is 0.456 e. The number of rotatable bonds is 5. The maximum atomic E-state index is 6.40. The van der Waals surface area contributed by atoms with Crippen molar-refractivity contribution in [1.82, 2.24) is 4.57 Å². The molecule has 0 aliphatic carbocycles. The highest BCUT2D eigenvalue weighted by Gasteiger charge is 2.16. The molecule has 0 unspecified atom stereocenters. The molecule has 0 bridgehead atoms. The molecule has 0 radical (unpaired) electrons. The van der Waals surface area contributed by atoms with Crippen molar-refractivity contribution in [2.75, 3.05) is 0 Å². The molecule has 2 heterocycles. The van der Waals surface area contributed by atoms with Gasteiger partial charge < -0.3 is 8.98 Å². The molecule has 2 aromatic heterocycles. The van der Waals surface area contributed by atoms with Crippen LogP contribution in [-0.2, 0) is 0 Å². The first-order valence-electron chi connectivity index (χ1n) is 17.5. The lowest BCUT2D eigenvalue weighted by atomic mass is 9.96. The first-order valence-corrected chi connectivity index (χ1v) is 17.5. The zero-order valence-corrected chi connectivity index (χ0v) is 28.2. The summed E-state index contributed by atoms with van der Waals surface area (Å²) in [4.78, 5) is 0. The van der Waals surface area contributed by atoms with E-state index in [1.165, 1.54) is 66.3 Å². The van der Waals surface area contributed by atoms with Crippen molar-refractivity contribution >= 4 is 43.7 Å². The number of nitrogens with zero attached hydrogens (tertiary/aromatic N) is 1. The predicted octanol–water partition coefficient (Wildman–Crippen LogP) is 13.7. The smallest absolute Gasteiger partial charge is 0.135 e. The summed E-state index contributed by atoms with van der Waals surface area (Å²) in [6.07, 6.45) is 0. The van der Waals surface area contributed by atoms with Crippen LogP contribution >= 0.6 is 0 Å². The molecule has 0 spiro atoms. The van der Waals surface area contributed by atoms with Crippen molar-refractivity contribution < 1.29 is 4.42 Å². The monoisotopic (exact) mass is 651 g/mol. The Morgan fingerprint density at radius 2 is 0.843 bits per heavy atom. The number of aromatic nitrogens is 1. The number of para-hydroxylation sites is 1. The molecule has 0 aliphatic heterocycles. The van der Waals surface area contributed by atoms with E-state index in [9.17, 15) is 0 Å². The van der Waals surface area contributed by atoms with Crippen LogP contribution in [-0.4, -0.2) is 4.57 Å². The molecule has 10 aromatic rings. The number of fused-ring (bicyclic) bond motifs is 6. The first-order chi connectivity index (χ1) is 25.2. The first kappa shape index (κ1) is 29.3. The van der Waals surface area contributed by atoms with Gasteiger partial charge in [0.15, 0.2) is 0 Å². The van der Waals surface area contributed by atoms with E-state index in [4.69, 9.17) is 4.42 Å². The molecule has 2 heteroatoms. The molecule has 10 rings (SSSR count). The van der Waals surface area contributed by atoms with Crippen LogP contribution < -0.4 is 0 Å². The van der Waals surface area contributed by atoms with Crippen LogP contribution in [0.15, 0.2) is 186 Å². The van der Waals surface area contributed by atoms with Crippen LogP contribution in [0.2, 0.25) is 0 Å². The topological polar surface area (TPSA) is 18.1 Å². The van der Waals surface area contributed by atoms with Gasteiger partial charge in [-0.1, -0.05) is 127 Å². The lowest BCUT2D eigenvalue weighted by Gasteiger charge is -2.09. The number of hydrogen-bond acceptors (Lipinski definition) is 1. The van der Waals surface area contributed by atoms with E-state index in [1.807, 2.05) is 0 Å². The maximum absolute atomic E-state index is 6.40. The summed E-state index contributed by atoms with van der Waals surface area (Å²) < 4.78 is 8.79. The fraction of sp³-hybridized carbons (Fsp3) is 0.0204. The molecule has 0 saturated carbocycles. The lowest BCUT2D eigenvalue weighted by Crippen LogP contribution is -1.93. The van der Waals surface area contributed by atoms with Gasteiger partial charge in [-0.25, -0.2) is 0 Å². The van der Waals surface area contributed by atoms with Gasteiger partial charge in [0.1, 0.15) is 11.2 Å². The SMILES string of the molecule is Cc1cccc(-c2ccc3c(c2)c2ccccc2n3-c2ccc3oc4ccc(-c5cccc(-c6cccc(-c7ccccc7)c6)c5)cc4c3c2)c1. The summed E-state index contributed by atoms with van der Waals surface area (Å²) in [6.45, 7) is 2.15. The van der Waals surface area contributed by atoms with Crippen LogP contribution in [0.1, 0.15) is 5.56 Å². The van der Waals surface area contributed by atoms with Crippen molar-refractivity contribution in [3.05, 3.63) is 188 Å². The summed E-state index contributed by atoms with van der Waals surface area (Å²) >= 11 is 0. The zero-order valence-electron chi connectivity index (χ0n) is 28.2. The van der Waals surface area contributed by atoms with Crippen molar-refractivity contribution in [3.8, 4) is 50.2 Å². The van der Waals surface area contributed by atoms with Gasteiger partial charge in [0, 0.05) is 27.2 Å². The summed E-state index contributed by atoms with van der Waals surface area (Å²) in [7, 11) is 0. The Morgan fingerprint density at radius 1 is 0.333 bits per heavy atom. The van der Waals surface area contributed by atoms with E-state index >= 15 is 0 Å². The Bertz CT molecular complexity index is 2920. The third kappa shape index (κ3) is 5.04. The van der Waals surface area contributed by atoms with E-state index in [2.05, 4.69) is 193 Å². The third-order valence-corrected chi connectivity index (χ3v) is 10.2. The van der Waals surface area contributed by atoms with E-state index in [0.29, 0.717) is 0 Å². The normalized spacial score (nSPS) is 11.6. The van der Waals surface area contributed by atoms with Crippen molar-refractivity contribution in [2.45, 2.75) is 6.92 Å². The van der Waals surface area contributed by atoms with Gasteiger partial charge in [0.25, 0.3) is 0 Å². The van der Waals surface area contributed by atoms with Crippen LogP contribution in [0.5, 0.6) is 0 Å². The zero-order chi connectivity index (χ0) is 33.9. The Kier molecular flexibility index (Phi) is 6.75. The molecular formula is C49H33NO. The summed E-state index contributed by atoms with van der Waals surface area (Å²) in [5.41, 5.74) is 16.2. The molecule has 2 nitrogen and oxygen atoms in total. The lowest BCUT2D eigenvalue weighted by molar-refractivity contribution is 0.669. The molecule has 51 heavy (non-hydrogen) atoms. The minimum atomic E-state index is 0.889. The van der Waals surface area contributed by atoms with Crippen molar-refractivity contribution in [3.63, 3.8) is 0 Å². The van der Waals surface area contributed by atoms with Crippen LogP contribution in [0.3, 0.4) is 0 Å². The van der Waals surface area contributed by atoms with Crippen molar-refractivity contribution in [2.24, 2.45) is 0 Å². The second kappa shape index (κ2) is 11.8. The van der Waals surface area contributed by atoms with E-state index < -0.39 is 0 Å². The van der Waals surface area contributed by atoms with Gasteiger partial charge in [0.05, 0.1) is 11.0 Å². The third-order valence-electron chi connectivity index (χ3n) is 10.2. The van der Waals surface area contributed by atoms with Crippen LogP contribution in [0.25, 0.3) is 93.9 Å². The average molecular weight is 652 g/mol. The van der Waals surface area contributed by atoms with E-state index in [-0.39, 0.29) is 0 Å². The number of aryl methyl sites for hydroxylation is 1. The molecule has 0 N–H and O–H groups in total. The summed E-state index contributed by atoms with van der Waals surface area (Å²) in [5.74, 6) is 0. The molecule has 0 saturated heterocycles. The van der Waals surface area contributed by atoms with Gasteiger partial charge in [-0.05, 0) is 112 Å². The molecule has 0 atom stereocenters. The highest BCUT2D eigenvalue weighted by atomic mass is 16.3. The van der Waals surface area contributed by atoms with Gasteiger partial charge >= 0.3 is 0 Å². The molecule has 0 amide bonds. The number of benzene rings is 8. The Morgan fingerprint density at radius 3 is 1.57 bits per heavy atom. The second-order valence-corrected chi connectivity index (χ2v) is 13.5. The number of hydrogen-bond donors (Lipinski definition) is 0. The van der Waals surface area contributed by atoms with E-state index in [1.54, 1.807) is 0 Å². The van der Waals surface area contributed by atoms with Gasteiger partial charge in [-0.2, -0.15) is 0 Å². The predicted molar refractivity (Wildman–Crippen MR) is 215 cm³/mol. The van der Waals surface area contributed by atoms with E-state index in [0.717, 1.165) is 33.2 Å². The molecular weight excluding hydrogens is 619 g/mol. The maximum Gasteiger partial charge on any atom is 0.135 e. The quantitative estimate of drug-likeness (QED) is 0.181. The molecule has 0 aliphatic rings. The molecule has 0 fully saturated rings. The minimum absolute atomic E-state index is 0.889. The van der Waals surface area contributed by atoms with Gasteiger partial charge in [-0.15, -0.1) is 0 Å². The Balaban J connectivity index is 1.08. The van der Waals surface area contributed by atoms with Crippen LogP contribution in [0, 0.1) is 6.92 Å². The van der Waals surface area contributed by atoms with Gasteiger partial charge in [0.2, 0.25) is 0 Å². The molecule has 8 aromatic carbocycles. The van der Waals surface area contributed by atoms with Gasteiger partial charge in [-0.3, -0.25) is 0 Å². The Labute approximate surface area is 296 Å².